The first kappa shape index (κ1) is 15.5. The Morgan fingerprint density at radius 3 is 2.50 bits per heavy atom. The molecule has 0 atom stereocenters. The highest BCUT2D eigenvalue weighted by Gasteiger charge is 2.05. The van der Waals surface area contributed by atoms with Gasteiger partial charge in [0.15, 0.2) is 0 Å². The van der Waals surface area contributed by atoms with Gasteiger partial charge < -0.3 is 9.47 Å². The van der Waals surface area contributed by atoms with Gasteiger partial charge in [-0.1, -0.05) is 0 Å². The first-order valence-electron chi connectivity index (χ1n) is 6.45. The molecule has 0 unspecified atom stereocenters. The van der Waals surface area contributed by atoms with Crippen LogP contribution in [0.15, 0.2) is 47.6 Å². The zero-order valence-electron chi connectivity index (χ0n) is 12.2. The fourth-order valence-corrected chi connectivity index (χ4v) is 1.75. The molecule has 2 aromatic carbocycles. The van der Waals surface area contributed by atoms with Crippen LogP contribution >= 0.6 is 0 Å². The molecule has 0 aliphatic heterocycles. The molecule has 5 nitrogen and oxygen atoms in total. The summed E-state index contributed by atoms with van der Waals surface area (Å²) >= 11 is 0. The quantitative estimate of drug-likeness (QED) is 0.682. The third kappa shape index (κ3) is 3.82. The van der Waals surface area contributed by atoms with E-state index in [4.69, 9.17) is 9.47 Å². The van der Waals surface area contributed by atoms with Crippen LogP contribution in [0.2, 0.25) is 0 Å². The summed E-state index contributed by atoms with van der Waals surface area (Å²) in [6, 6.07) is 10.4. The number of halogens is 1. The predicted octanol–water partition coefficient (Wildman–Crippen LogP) is 2.61. The number of amides is 1. The van der Waals surface area contributed by atoms with Crippen LogP contribution in [0.25, 0.3) is 0 Å². The summed E-state index contributed by atoms with van der Waals surface area (Å²) in [5.41, 5.74) is 3.37. The SMILES string of the molecule is COc1ccc(/C=N\NC(=O)c2ccc(F)cc2)c(OC)c1. The maximum atomic E-state index is 12.8. The minimum absolute atomic E-state index is 0.320. The monoisotopic (exact) mass is 302 g/mol. The normalized spacial score (nSPS) is 10.5. The van der Waals surface area contributed by atoms with E-state index in [-0.39, 0.29) is 0 Å². The Bertz CT molecular complexity index is 684. The Kier molecular flexibility index (Phi) is 5.08. The Morgan fingerprint density at radius 1 is 1.14 bits per heavy atom. The molecule has 2 aromatic rings. The lowest BCUT2D eigenvalue weighted by Crippen LogP contribution is -2.17. The molecule has 1 N–H and O–H groups in total. The zero-order chi connectivity index (χ0) is 15.9. The first-order valence-corrected chi connectivity index (χ1v) is 6.45. The lowest BCUT2D eigenvalue weighted by molar-refractivity contribution is 0.0955. The van der Waals surface area contributed by atoms with Crippen LogP contribution in [0.3, 0.4) is 0 Å². The molecule has 6 heteroatoms. The van der Waals surface area contributed by atoms with Gasteiger partial charge in [0, 0.05) is 17.2 Å². The molecule has 2 rings (SSSR count). The van der Waals surface area contributed by atoms with E-state index in [1.807, 2.05) is 0 Å². The van der Waals surface area contributed by atoms with Crippen molar-refractivity contribution in [3.8, 4) is 11.5 Å². The number of carbonyl (C=O) groups is 1. The molecule has 0 bridgehead atoms. The molecular weight excluding hydrogens is 287 g/mol. The van der Waals surface area contributed by atoms with Crippen LogP contribution in [-0.4, -0.2) is 26.3 Å². The molecule has 114 valence electrons. The van der Waals surface area contributed by atoms with Gasteiger partial charge in [0.1, 0.15) is 17.3 Å². The van der Waals surface area contributed by atoms with E-state index in [1.54, 1.807) is 25.3 Å². The van der Waals surface area contributed by atoms with E-state index < -0.39 is 11.7 Å². The van der Waals surface area contributed by atoms with Gasteiger partial charge in [0.05, 0.1) is 20.4 Å². The number of ether oxygens (including phenoxy) is 2. The van der Waals surface area contributed by atoms with Gasteiger partial charge in [-0.3, -0.25) is 4.79 Å². The molecule has 0 aliphatic carbocycles. The standard InChI is InChI=1S/C16H15FN2O3/c1-21-14-8-5-12(15(9-14)22-2)10-18-19-16(20)11-3-6-13(17)7-4-11/h3-10H,1-2H3,(H,19,20)/b18-10-. The van der Waals surface area contributed by atoms with Crippen molar-refractivity contribution in [3.05, 3.63) is 59.4 Å². The zero-order valence-corrected chi connectivity index (χ0v) is 12.2. The molecule has 0 aromatic heterocycles. The molecule has 0 spiro atoms. The number of hydrogen-bond donors (Lipinski definition) is 1. The van der Waals surface area contributed by atoms with Crippen LogP contribution in [0.5, 0.6) is 11.5 Å². The van der Waals surface area contributed by atoms with E-state index in [9.17, 15) is 9.18 Å². The Hall–Kier alpha value is -2.89. The Labute approximate surface area is 127 Å². The van der Waals surface area contributed by atoms with Gasteiger partial charge in [-0.05, 0) is 36.4 Å². The number of hydrogen-bond acceptors (Lipinski definition) is 4. The summed E-state index contributed by atoms with van der Waals surface area (Å²) in [6.45, 7) is 0. The lowest BCUT2D eigenvalue weighted by Gasteiger charge is -2.06. The van der Waals surface area contributed by atoms with Crippen molar-refractivity contribution in [2.24, 2.45) is 5.10 Å². The summed E-state index contributed by atoms with van der Waals surface area (Å²) in [4.78, 5) is 11.8. The highest BCUT2D eigenvalue weighted by molar-refractivity contribution is 5.95. The smallest absolute Gasteiger partial charge is 0.271 e. The fourth-order valence-electron chi connectivity index (χ4n) is 1.75. The number of benzene rings is 2. The summed E-state index contributed by atoms with van der Waals surface area (Å²) in [5.74, 6) is 0.398. The molecule has 0 aliphatic rings. The largest absolute Gasteiger partial charge is 0.497 e. The summed E-state index contributed by atoms with van der Waals surface area (Å²) in [5, 5.41) is 3.87. The van der Waals surface area contributed by atoms with Crippen molar-refractivity contribution in [1.29, 1.82) is 0 Å². The van der Waals surface area contributed by atoms with Crippen molar-refractivity contribution in [2.45, 2.75) is 0 Å². The van der Waals surface area contributed by atoms with E-state index in [0.29, 0.717) is 22.6 Å². The van der Waals surface area contributed by atoms with Crippen molar-refractivity contribution >= 4 is 12.1 Å². The van der Waals surface area contributed by atoms with Crippen molar-refractivity contribution in [2.75, 3.05) is 14.2 Å². The molecule has 0 radical (unpaired) electrons. The number of methoxy groups -OCH3 is 2. The molecule has 0 saturated heterocycles. The van der Waals surface area contributed by atoms with Crippen LogP contribution in [0.1, 0.15) is 15.9 Å². The molecule has 1 amide bonds. The van der Waals surface area contributed by atoms with Gasteiger partial charge in [-0.25, -0.2) is 9.82 Å². The summed E-state index contributed by atoms with van der Waals surface area (Å²) in [7, 11) is 3.09. The minimum Gasteiger partial charge on any atom is -0.497 e. The van der Waals surface area contributed by atoms with Gasteiger partial charge in [0.25, 0.3) is 5.91 Å². The topological polar surface area (TPSA) is 59.9 Å². The highest BCUT2D eigenvalue weighted by Crippen LogP contribution is 2.22. The highest BCUT2D eigenvalue weighted by atomic mass is 19.1. The number of nitrogens with one attached hydrogen (secondary N) is 1. The maximum Gasteiger partial charge on any atom is 0.271 e. The molecular formula is C16H15FN2O3. The summed E-state index contributed by atoms with van der Waals surface area (Å²) in [6.07, 6.45) is 1.46. The van der Waals surface area contributed by atoms with Crippen LogP contribution in [0, 0.1) is 5.82 Å². The second-order valence-corrected chi connectivity index (χ2v) is 4.31. The molecule has 22 heavy (non-hydrogen) atoms. The van der Waals surface area contributed by atoms with Gasteiger partial charge in [-0.2, -0.15) is 5.10 Å². The van der Waals surface area contributed by atoms with Crippen LogP contribution in [0.4, 0.5) is 4.39 Å². The predicted molar refractivity (Wildman–Crippen MR) is 81.0 cm³/mol. The number of nitrogens with zero attached hydrogens (tertiary/aromatic N) is 1. The third-order valence-corrected chi connectivity index (χ3v) is 2.92. The Morgan fingerprint density at radius 2 is 1.86 bits per heavy atom. The third-order valence-electron chi connectivity index (χ3n) is 2.92. The van der Waals surface area contributed by atoms with Gasteiger partial charge >= 0.3 is 0 Å². The van der Waals surface area contributed by atoms with Crippen molar-refractivity contribution in [3.63, 3.8) is 0 Å². The number of carbonyl (C=O) groups excluding carboxylic acids is 1. The maximum absolute atomic E-state index is 12.8. The number of hydrazone groups is 1. The van der Waals surface area contributed by atoms with Gasteiger partial charge in [0.2, 0.25) is 0 Å². The lowest BCUT2D eigenvalue weighted by atomic mass is 10.2. The van der Waals surface area contributed by atoms with Crippen molar-refractivity contribution in [1.82, 2.24) is 5.43 Å². The van der Waals surface area contributed by atoms with Gasteiger partial charge in [-0.15, -0.1) is 0 Å². The molecule has 0 saturated carbocycles. The van der Waals surface area contributed by atoms with E-state index in [2.05, 4.69) is 10.5 Å². The van der Waals surface area contributed by atoms with Crippen molar-refractivity contribution < 1.29 is 18.7 Å². The second-order valence-electron chi connectivity index (χ2n) is 4.31. The number of rotatable bonds is 5. The minimum atomic E-state index is -0.427. The second kappa shape index (κ2) is 7.21. The first-order chi connectivity index (χ1) is 10.6. The fraction of sp³-hybridized carbons (Fsp3) is 0.125. The summed E-state index contributed by atoms with van der Waals surface area (Å²) < 4.78 is 23.1. The van der Waals surface area contributed by atoms with Crippen LogP contribution in [-0.2, 0) is 0 Å². The molecule has 0 heterocycles. The van der Waals surface area contributed by atoms with E-state index in [0.717, 1.165) is 0 Å². The molecule has 0 fully saturated rings. The average molecular weight is 302 g/mol. The van der Waals surface area contributed by atoms with Crippen LogP contribution < -0.4 is 14.9 Å². The van der Waals surface area contributed by atoms with E-state index >= 15 is 0 Å². The average Bonchev–Trinajstić information content (AvgIpc) is 2.55. The Balaban J connectivity index is 2.06. The van der Waals surface area contributed by atoms with E-state index in [1.165, 1.54) is 37.6 Å².